The summed E-state index contributed by atoms with van der Waals surface area (Å²) in [6.07, 6.45) is 5.65. The van der Waals surface area contributed by atoms with E-state index in [-0.39, 0.29) is 25.2 Å². The Bertz CT molecular complexity index is 625. The molecule has 1 aliphatic carbocycles. The second-order valence-corrected chi connectivity index (χ2v) is 7.22. The molecule has 0 heterocycles. The van der Waals surface area contributed by atoms with Gasteiger partial charge in [-0.2, -0.15) is 0 Å². The smallest absolute Gasteiger partial charge is 0.306 e. The molecule has 1 unspecified atom stereocenters. The molecule has 5 nitrogen and oxygen atoms in total. The van der Waals surface area contributed by atoms with E-state index in [1.54, 1.807) is 12.2 Å². The van der Waals surface area contributed by atoms with Crippen molar-refractivity contribution in [1.82, 2.24) is 0 Å². The predicted molar refractivity (Wildman–Crippen MR) is 103 cm³/mol. The highest BCUT2D eigenvalue weighted by atomic mass is 16.5. The second kappa shape index (κ2) is 11.0. The van der Waals surface area contributed by atoms with E-state index >= 15 is 0 Å². The molecule has 1 aromatic rings. The molecular formula is C22H30O5. The maximum Gasteiger partial charge on any atom is 0.306 e. The number of esters is 1. The van der Waals surface area contributed by atoms with Gasteiger partial charge >= 0.3 is 5.97 Å². The van der Waals surface area contributed by atoms with E-state index in [1.807, 2.05) is 30.3 Å². The van der Waals surface area contributed by atoms with Crippen molar-refractivity contribution in [3.63, 3.8) is 0 Å². The van der Waals surface area contributed by atoms with Crippen molar-refractivity contribution in [2.24, 2.45) is 11.8 Å². The number of hydrogen-bond donors (Lipinski definition) is 2. The van der Waals surface area contributed by atoms with Gasteiger partial charge in [-0.1, -0.05) is 68.7 Å². The largest absolute Gasteiger partial charge is 0.461 e. The number of ether oxygens (including phenoxy) is 1. The van der Waals surface area contributed by atoms with Gasteiger partial charge in [-0.05, 0) is 12.0 Å². The summed E-state index contributed by atoms with van der Waals surface area (Å²) < 4.78 is 5.27. The molecule has 2 rings (SSSR count). The first-order chi connectivity index (χ1) is 13.0. The average molecular weight is 374 g/mol. The molecule has 1 fully saturated rings. The maximum atomic E-state index is 12.2. The lowest BCUT2D eigenvalue weighted by atomic mass is 9.90. The third-order valence-electron chi connectivity index (χ3n) is 5.02. The Morgan fingerprint density at radius 2 is 2.04 bits per heavy atom. The van der Waals surface area contributed by atoms with Crippen LogP contribution in [0.3, 0.4) is 0 Å². The van der Waals surface area contributed by atoms with Gasteiger partial charge in [0.15, 0.2) is 0 Å². The number of ketones is 1. The minimum Gasteiger partial charge on any atom is -0.461 e. The zero-order valence-corrected chi connectivity index (χ0v) is 15.9. The molecule has 0 radical (unpaired) electrons. The summed E-state index contributed by atoms with van der Waals surface area (Å²) in [5, 5.41) is 20.2. The Morgan fingerprint density at radius 3 is 2.74 bits per heavy atom. The van der Waals surface area contributed by atoms with Crippen LogP contribution in [0, 0.1) is 11.8 Å². The highest BCUT2D eigenvalue weighted by molar-refractivity contribution is 5.88. The van der Waals surface area contributed by atoms with Crippen molar-refractivity contribution in [2.75, 3.05) is 0 Å². The van der Waals surface area contributed by atoms with E-state index in [9.17, 15) is 19.8 Å². The van der Waals surface area contributed by atoms with Crippen LogP contribution in [-0.2, 0) is 20.9 Å². The molecule has 1 aliphatic rings. The van der Waals surface area contributed by atoms with Gasteiger partial charge in [-0.25, -0.2) is 0 Å². The highest BCUT2D eigenvalue weighted by Gasteiger charge is 2.41. The number of carbonyl (C=O) groups is 2. The molecule has 1 saturated carbocycles. The van der Waals surface area contributed by atoms with Crippen LogP contribution in [0.1, 0.15) is 51.0 Å². The number of carbonyl (C=O) groups excluding carboxylic acids is 2. The summed E-state index contributed by atoms with van der Waals surface area (Å²) >= 11 is 0. The monoisotopic (exact) mass is 374 g/mol. The zero-order chi connectivity index (χ0) is 19.6. The van der Waals surface area contributed by atoms with Gasteiger partial charge in [0.25, 0.3) is 0 Å². The van der Waals surface area contributed by atoms with E-state index < -0.39 is 30.0 Å². The van der Waals surface area contributed by atoms with Crippen LogP contribution < -0.4 is 0 Å². The van der Waals surface area contributed by atoms with E-state index in [2.05, 4.69) is 6.92 Å². The van der Waals surface area contributed by atoms with Crippen molar-refractivity contribution in [2.45, 2.75) is 64.3 Å². The van der Waals surface area contributed by atoms with Gasteiger partial charge in [-0.3, -0.25) is 9.59 Å². The molecule has 0 bridgehead atoms. The van der Waals surface area contributed by atoms with E-state index in [0.29, 0.717) is 6.42 Å². The van der Waals surface area contributed by atoms with Crippen molar-refractivity contribution < 1.29 is 24.5 Å². The molecular weight excluding hydrogens is 344 g/mol. The Labute approximate surface area is 161 Å². The summed E-state index contributed by atoms with van der Waals surface area (Å²) in [6.45, 7) is 2.27. The normalized spacial score (nSPS) is 23.7. The van der Waals surface area contributed by atoms with Gasteiger partial charge < -0.3 is 14.9 Å². The fourth-order valence-corrected chi connectivity index (χ4v) is 3.42. The Hall–Kier alpha value is -1.98. The SMILES string of the molecule is CCCCC[C@@H](O)/C=C/[C@H]1C(O)CC(=O)[C@H]1CC(=O)OCc1ccccc1. The third kappa shape index (κ3) is 6.92. The number of aliphatic hydroxyl groups is 2. The van der Waals surface area contributed by atoms with Crippen molar-refractivity contribution in [3.05, 3.63) is 48.0 Å². The van der Waals surface area contributed by atoms with Gasteiger partial charge in [-0.15, -0.1) is 0 Å². The lowest BCUT2D eigenvalue weighted by molar-refractivity contribution is -0.147. The highest BCUT2D eigenvalue weighted by Crippen LogP contribution is 2.33. The summed E-state index contributed by atoms with van der Waals surface area (Å²) in [6, 6.07) is 9.35. The summed E-state index contributed by atoms with van der Waals surface area (Å²) in [5.74, 6) is -1.63. The lowest BCUT2D eigenvalue weighted by Crippen LogP contribution is -2.23. The fourth-order valence-electron chi connectivity index (χ4n) is 3.42. The minimum atomic E-state index is -0.816. The standard InChI is InChI=1S/C22H30O5/c1-2-3-5-10-17(23)11-12-18-19(21(25)14-20(18)24)13-22(26)27-15-16-8-6-4-7-9-16/h4,6-9,11-12,17-20,23-24H,2-3,5,10,13-15H2,1H3/b12-11+/t17-,18-,19+,20?/m1/s1. The molecule has 4 atom stereocenters. The number of rotatable bonds is 10. The average Bonchev–Trinajstić information content (AvgIpc) is 2.92. The number of aliphatic hydroxyl groups excluding tert-OH is 2. The third-order valence-corrected chi connectivity index (χ3v) is 5.02. The van der Waals surface area contributed by atoms with E-state index in [4.69, 9.17) is 4.74 Å². The van der Waals surface area contributed by atoms with Crippen molar-refractivity contribution in [1.29, 1.82) is 0 Å². The van der Waals surface area contributed by atoms with Gasteiger partial charge in [0.1, 0.15) is 12.4 Å². The Kier molecular flexibility index (Phi) is 8.69. The lowest BCUT2D eigenvalue weighted by Gasteiger charge is -2.17. The molecule has 0 spiro atoms. The predicted octanol–water partition coefficient (Wildman–Crippen LogP) is 3.18. The van der Waals surface area contributed by atoms with Gasteiger partial charge in [0.05, 0.1) is 18.6 Å². The van der Waals surface area contributed by atoms with E-state index in [1.165, 1.54) is 0 Å². The van der Waals surface area contributed by atoms with Crippen molar-refractivity contribution >= 4 is 11.8 Å². The molecule has 0 aliphatic heterocycles. The van der Waals surface area contributed by atoms with Gasteiger partial charge in [0, 0.05) is 18.3 Å². The molecule has 0 aromatic heterocycles. The second-order valence-electron chi connectivity index (χ2n) is 7.22. The van der Waals surface area contributed by atoms with Crippen LogP contribution in [0.4, 0.5) is 0 Å². The van der Waals surface area contributed by atoms with Crippen LogP contribution in [0.2, 0.25) is 0 Å². The number of benzene rings is 1. The first-order valence-electron chi connectivity index (χ1n) is 9.78. The molecule has 5 heteroatoms. The topological polar surface area (TPSA) is 83.8 Å². The van der Waals surface area contributed by atoms with Gasteiger partial charge in [0.2, 0.25) is 0 Å². The Morgan fingerprint density at radius 1 is 1.30 bits per heavy atom. The summed E-state index contributed by atoms with van der Waals surface area (Å²) in [5.41, 5.74) is 0.885. The molecule has 148 valence electrons. The first kappa shape index (κ1) is 21.3. The van der Waals surface area contributed by atoms with Crippen LogP contribution >= 0.6 is 0 Å². The molecule has 2 N–H and O–H groups in total. The molecule has 0 saturated heterocycles. The molecule has 27 heavy (non-hydrogen) atoms. The maximum absolute atomic E-state index is 12.2. The minimum absolute atomic E-state index is 0.0393. The van der Waals surface area contributed by atoms with Crippen LogP contribution in [0.5, 0.6) is 0 Å². The fraction of sp³-hybridized carbons (Fsp3) is 0.545. The summed E-state index contributed by atoms with van der Waals surface area (Å²) in [4.78, 5) is 24.3. The molecule has 1 aromatic carbocycles. The molecule has 0 amide bonds. The van der Waals surface area contributed by atoms with E-state index in [0.717, 1.165) is 24.8 Å². The zero-order valence-electron chi connectivity index (χ0n) is 15.9. The van der Waals surface area contributed by atoms with Crippen LogP contribution in [-0.4, -0.2) is 34.2 Å². The van der Waals surface area contributed by atoms with Crippen LogP contribution in [0.25, 0.3) is 0 Å². The van der Waals surface area contributed by atoms with Crippen molar-refractivity contribution in [3.8, 4) is 0 Å². The van der Waals surface area contributed by atoms with Crippen LogP contribution in [0.15, 0.2) is 42.5 Å². The number of hydrogen-bond acceptors (Lipinski definition) is 5. The summed E-state index contributed by atoms with van der Waals surface area (Å²) in [7, 11) is 0. The number of Topliss-reactive ketones (excluding diaryl/α,β-unsaturated/α-hetero) is 1. The number of unbranched alkanes of at least 4 members (excludes halogenated alkanes) is 2. The first-order valence-corrected chi connectivity index (χ1v) is 9.78. The quantitative estimate of drug-likeness (QED) is 0.373. The Balaban J connectivity index is 1.88.